The molecule has 1 saturated carbocycles. The zero-order valence-corrected chi connectivity index (χ0v) is 11.4. The van der Waals surface area contributed by atoms with Crippen LogP contribution < -0.4 is 10.6 Å². The molecule has 0 saturated heterocycles. The van der Waals surface area contributed by atoms with Crippen LogP contribution in [0.5, 0.6) is 0 Å². The van der Waals surface area contributed by atoms with Crippen LogP contribution in [-0.4, -0.2) is 29.2 Å². The first-order valence-electron chi connectivity index (χ1n) is 6.70. The molecule has 0 heterocycles. The SMILES string of the molecule is CC(CCCC(C)C(=O)O)NC(=O)NC1CC1C. The molecule has 4 unspecified atom stereocenters. The van der Waals surface area contributed by atoms with Gasteiger partial charge in [-0.15, -0.1) is 0 Å². The average molecular weight is 256 g/mol. The lowest BCUT2D eigenvalue weighted by molar-refractivity contribution is -0.141. The van der Waals surface area contributed by atoms with Crippen LogP contribution in [0.2, 0.25) is 0 Å². The number of hydrogen-bond acceptors (Lipinski definition) is 2. The van der Waals surface area contributed by atoms with Gasteiger partial charge in [0, 0.05) is 12.1 Å². The lowest BCUT2D eigenvalue weighted by Gasteiger charge is -2.15. The lowest BCUT2D eigenvalue weighted by Crippen LogP contribution is -2.42. The molecule has 0 aromatic carbocycles. The van der Waals surface area contributed by atoms with Gasteiger partial charge in [0.1, 0.15) is 0 Å². The normalized spacial score (nSPS) is 25.1. The summed E-state index contributed by atoms with van der Waals surface area (Å²) in [6.07, 6.45) is 3.35. The van der Waals surface area contributed by atoms with E-state index in [-0.39, 0.29) is 18.0 Å². The summed E-state index contributed by atoms with van der Waals surface area (Å²) in [7, 11) is 0. The molecule has 4 atom stereocenters. The van der Waals surface area contributed by atoms with Crippen LogP contribution in [0, 0.1) is 11.8 Å². The Balaban J connectivity index is 2.07. The Labute approximate surface area is 108 Å². The highest BCUT2D eigenvalue weighted by molar-refractivity contribution is 5.74. The molecular formula is C13H24N2O3. The second-order valence-electron chi connectivity index (χ2n) is 5.51. The van der Waals surface area contributed by atoms with Gasteiger partial charge in [0.15, 0.2) is 0 Å². The fourth-order valence-electron chi connectivity index (χ4n) is 1.88. The van der Waals surface area contributed by atoms with E-state index >= 15 is 0 Å². The Morgan fingerprint density at radius 3 is 2.44 bits per heavy atom. The van der Waals surface area contributed by atoms with Gasteiger partial charge in [0.2, 0.25) is 0 Å². The van der Waals surface area contributed by atoms with Gasteiger partial charge in [-0.1, -0.05) is 20.3 Å². The zero-order valence-electron chi connectivity index (χ0n) is 11.4. The van der Waals surface area contributed by atoms with E-state index in [9.17, 15) is 9.59 Å². The highest BCUT2D eigenvalue weighted by Crippen LogP contribution is 2.28. The van der Waals surface area contributed by atoms with Gasteiger partial charge in [-0.3, -0.25) is 4.79 Å². The van der Waals surface area contributed by atoms with E-state index in [0.717, 1.165) is 19.3 Å². The first kappa shape index (κ1) is 14.8. The Morgan fingerprint density at radius 2 is 1.94 bits per heavy atom. The summed E-state index contributed by atoms with van der Waals surface area (Å²) in [6, 6.07) is 0.312. The van der Waals surface area contributed by atoms with Gasteiger partial charge in [0.05, 0.1) is 5.92 Å². The number of carboxylic acids is 1. The number of amides is 2. The van der Waals surface area contributed by atoms with Gasteiger partial charge < -0.3 is 15.7 Å². The first-order chi connectivity index (χ1) is 8.40. The maximum Gasteiger partial charge on any atom is 0.315 e. The Morgan fingerprint density at radius 1 is 1.33 bits per heavy atom. The number of carbonyl (C=O) groups is 2. The van der Waals surface area contributed by atoms with Crippen LogP contribution in [-0.2, 0) is 4.79 Å². The first-order valence-corrected chi connectivity index (χ1v) is 6.70. The quantitative estimate of drug-likeness (QED) is 0.651. The van der Waals surface area contributed by atoms with E-state index in [4.69, 9.17) is 5.11 Å². The minimum atomic E-state index is -0.754. The second kappa shape index (κ2) is 6.61. The van der Waals surface area contributed by atoms with Crippen molar-refractivity contribution in [2.75, 3.05) is 0 Å². The van der Waals surface area contributed by atoms with Gasteiger partial charge in [-0.2, -0.15) is 0 Å². The number of carboxylic acid groups (broad SMARTS) is 1. The Kier molecular flexibility index (Phi) is 5.44. The monoisotopic (exact) mass is 256 g/mol. The van der Waals surface area contributed by atoms with Crippen LogP contribution in [0.15, 0.2) is 0 Å². The molecule has 1 aliphatic rings. The topological polar surface area (TPSA) is 78.4 Å². The number of hydrogen-bond donors (Lipinski definition) is 3. The fourth-order valence-corrected chi connectivity index (χ4v) is 1.88. The van der Waals surface area contributed by atoms with Gasteiger partial charge in [-0.25, -0.2) is 4.79 Å². The fraction of sp³-hybridized carbons (Fsp3) is 0.846. The van der Waals surface area contributed by atoms with Crippen molar-refractivity contribution < 1.29 is 14.7 Å². The average Bonchev–Trinajstić information content (AvgIpc) is 2.93. The van der Waals surface area contributed by atoms with Crippen LogP contribution in [0.4, 0.5) is 4.79 Å². The van der Waals surface area contributed by atoms with Gasteiger partial charge in [-0.05, 0) is 32.1 Å². The maximum atomic E-state index is 11.5. The molecule has 5 heteroatoms. The lowest BCUT2D eigenvalue weighted by atomic mass is 10.0. The highest BCUT2D eigenvalue weighted by atomic mass is 16.4. The van der Waals surface area contributed by atoms with E-state index in [0.29, 0.717) is 18.4 Å². The van der Waals surface area contributed by atoms with E-state index in [1.807, 2.05) is 6.92 Å². The maximum absolute atomic E-state index is 11.5. The molecular weight excluding hydrogens is 232 g/mol. The number of rotatable bonds is 7. The van der Waals surface area contributed by atoms with E-state index < -0.39 is 5.97 Å². The van der Waals surface area contributed by atoms with Crippen molar-refractivity contribution in [2.45, 2.75) is 58.5 Å². The van der Waals surface area contributed by atoms with E-state index in [2.05, 4.69) is 17.6 Å². The third-order valence-corrected chi connectivity index (χ3v) is 3.50. The summed E-state index contributed by atoms with van der Waals surface area (Å²) in [5, 5.41) is 14.5. The minimum Gasteiger partial charge on any atom is -0.481 e. The molecule has 0 bridgehead atoms. The third-order valence-electron chi connectivity index (χ3n) is 3.50. The second-order valence-corrected chi connectivity index (χ2v) is 5.51. The van der Waals surface area contributed by atoms with Gasteiger partial charge in [0.25, 0.3) is 0 Å². The van der Waals surface area contributed by atoms with Crippen molar-refractivity contribution in [3.63, 3.8) is 0 Å². The van der Waals surface area contributed by atoms with E-state index in [1.54, 1.807) is 6.92 Å². The van der Waals surface area contributed by atoms with Crippen molar-refractivity contribution in [1.29, 1.82) is 0 Å². The smallest absolute Gasteiger partial charge is 0.315 e. The van der Waals surface area contributed by atoms with Crippen LogP contribution >= 0.6 is 0 Å². The van der Waals surface area contributed by atoms with Crippen molar-refractivity contribution in [2.24, 2.45) is 11.8 Å². The minimum absolute atomic E-state index is 0.0834. The van der Waals surface area contributed by atoms with Crippen molar-refractivity contribution in [1.82, 2.24) is 10.6 Å². The molecule has 1 aliphatic carbocycles. The molecule has 0 spiro atoms. The number of nitrogens with one attached hydrogen (secondary N) is 2. The molecule has 104 valence electrons. The molecule has 1 rings (SSSR count). The Hall–Kier alpha value is -1.26. The number of aliphatic carboxylic acids is 1. The summed E-state index contributed by atoms with van der Waals surface area (Å²) < 4.78 is 0. The molecule has 0 radical (unpaired) electrons. The molecule has 3 N–H and O–H groups in total. The molecule has 0 aromatic rings. The molecule has 5 nitrogen and oxygen atoms in total. The largest absolute Gasteiger partial charge is 0.481 e. The standard InChI is InChI=1S/C13H24N2O3/c1-8(12(16)17)5-4-6-10(3)14-13(18)15-11-7-9(11)2/h8-11H,4-7H2,1-3H3,(H,16,17)(H2,14,15,18). The predicted molar refractivity (Wildman–Crippen MR) is 69.3 cm³/mol. The molecule has 2 amide bonds. The van der Waals surface area contributed by atoms with Crippen molar-refractivity contribution in [3.05, 3.63) is 0 Å². The summed E-state index contributed by atoms with van der Waals surface area (Å²) in [5.74, 6) is -0.461. The van der Waals surface area contributed by atoms with E-state index in [1.165, 1.54) is 0 Å². The molecule has 1 fully saturated rings. The third kappa shape index (κ3) is 5.38. The summed E-state index contributed by atoms with van der Waals surface area (Å²) in [6.45, 7) is 5.77. The van der Waals surface area contributed by atoms with Crippen LogP contribution in [0.3, 0.4) is 0 Å². The summed E-state index contributed by atoms with van der Waals surface area (Å²) in [5.41, 5.74) is 0. The predicted octanol–water partition coefficient (Wildman–Crippen LogP) is 1.97. The van der Waals surface area contributed by atoms with Crippen LogP contribution in [0.1, 0.15) is 46.5 Å². The number of urea groups is 1. The molecule has 18 heavy (non-hydrogen) atoms. The van der Waals surface area contributed by atoms with Crippen molar-refractivity contribution >= 4 is 12.0 Å². The van der Waals surface area contributed by atoms with Crippen molar-refractivity contribution in [3.8, 4) is 0 Å². The van der Waals surface area contributed by atoms with Gasteiger partial charge >= 0.3 is 12.0 Å². The molecule has 0 aliphatic heterocycles. The molecule has 0 aromatic heterocycles. The number of carbonyl (C=O) groups excluding carboxylic acids is 1. The van der Waals surface area contributed by atoms with Crippen LogP contribution in [0.25, 0.3) is 0 Å². The zero-order chi connectivity index (χ0) is 13.7. The summed E-state index contributed by atoms with van der Waals surface area (Å²) >= 11 is 0. The summed E-state index contributed by atoms with van der Waals surface area (Å²) in [4.78, 5) is 22.2. The highest BCUT2D eigenvalue weighted by Gasteiger charge is 2.33. The Bertz CT molecular complexity index is 307.